The molecule has 0 aliphatic heterocycles. The Bertz CT molecular complexity index is 648. The second-order valence-electron chi connectivity index (χ2n) is 3.92. The summed E-state index contributed by atoms with van der Waals surface area (Å²) >= 11 is 0. The SMILES string of the molecule is O=[N+]([O-])c1c(F)cccc1Nc1ccc(OC(F)F)cc1. The Morgan fingerprint density at radius 3 is 2.38 bits per heavy atom. The van der Waals surface area contributed by atoms with Gasteiger partial charge in [-0.05, 0) is 36.4 Å². The van der Waals surface area contributed by atoms with Gasteiger partial charge < -0.3 is 10.1 Å². The van der Waals surface area contributed by atoms with Gasteiger partial charge in [-0.1, -0.05) is 6.07 Å². The van der Waals surface area contributed by atoms with Crippen molar-refractivity contribution < 1.29 is 22.8 Å². The molecule has 0 aliphatic rings. The number of benzene rings is 2. The molecule has 0 saturated carbocycles. The minimum Gasteiger partial charge on any atom is -0.435 e. The van der Waals surface area contributed by atoms with Crippen molar-refractivity contribution in [3.63, 3.8) is 0 Å². The van der Waals surface area contributed by atoms with Crippen molar-refractivity contribution in [1.29, 1.82) is 0 Å². The first-order valence-corrected chi connectivity index (χ1v) is 5.72. The molecule has 2 rings (SSSR count). The predicted molar refractivity (Wildman–Crippen MR) is 69.4 cm³/mol. The van der Waals surface area contributed by atoms with Crippen LogP contribution in [0.5, 0.6) is 5.75 Å². The van der Waals surface area contributed by atoms with Crippen molar-refractivity contribution in [1.82, 2.24) is 0 Å². The Balaban J connectivity index is 2.22. The largest absolute Gasteiger partial charge is 0.435 e. The maximum atomic E-state index is 13.4. The molecule has 0 unspecified atom stereocenters. The number of nitrogens with one attached hydrogen (secondary N) is 1. The number of halogens is 3. The van der Waals surface area contributed by atoms with Gasteiger partial charge in [0, 0.05) is 5.69 Å². The van der Waals surface area contributed by atoms with E-state index in [2.05, 4.69) is 10.1 Å². The molecule has 0 bridgehead atoms. The van der Waals surface area contributed by atoms with E-state index < -0.39 is 23.0 Å². The van der Waals surface area contributed by atoms with E-state index in [0.717, 1.165) is 6.07 Å². The van der Waals surface area contributed by atoms with Crippen LogP contribution in [0.25, 0.3) is 0 Å². The summed E-state index contributed by atoms with van der Waals surface area (Å²) in [7, 11) is 0. The number of alkyl halides is 2. The molecule has 0 atom stereocenters. The molecule has 0 fully saturated rings. The lowest BCUT2D eigenvalue weighted by atomic mass is 10.2. The summed E-state index contributed by atoms with van der Waals surface area (Å²) in [4.78, 5) is 9.99. The number of nitro groups is 1. The molecular formula is C13H9F3N2O3. The zero-order valence-corrected chi connectivity index (χ0v) is 10.4. The summed E-state index contributed by atoms with van der Waals surface area (Å²) in [5.74, 6) is -1.02. The van der Waals surface area contributed by atoms with E-state index in [9.17, 15) is 23.3 Å². The van der Waals surface area contributed by atoms with E-state index in [0.29, 0.717) is 5.69 Å². The number of hydrogen-bond acceptors (Lipinski definition) is 4. The van der Waals surface area contributed by atoms with E-state index in [1.807, 2.05) is 0 Å². The van der Waals surface area contributed by atoms with Crippen LogP contribution in [0.2, 0.25) is 0 Å². The smallest absolute Gasteiger partial charge is 0.387 e. The number of para-hydroxylation sites is 1. The second kappa shape index (κ2) is 6.12. The zero-order chi connectivity index (χ0) is 15.4. The highest BCUT2D eigenvalue weighted by atomic mass is 19.3. The fraction of sp³-hybridized carbons (Fsp3) is 0.0769. The number of anilines is 2. The van der Waals surface area contributed by atoms with E-state index in [4.69, 9.17) is 0 Å². The van der Waals surface area contributed by atoms with Gasteiger partial charge in [0.05, 0.1) is 4.92 Å². The van der Waals surface area contributed by atoms with Crippen LogP contribution in [0.15, 0.2) is 42.5 Å². The third kappa shape index (κ3) is 3.62. The summed E-state index contributed by atoms with van der Waals surface area (Å²) < 4.78 is 41.6. The van der Waals surface area contributed by atoms with Crippen molar-refractivity contribution in [2.45, 2.75) is 6.61 Å². The average molecular weight is 298 g/mol. The third-order valence-electron chi connectivity index (χ3n) is 2.53. The molecule has 2 aromatic carbocycles. The summed E-state index contributed by atoms with van der Waals surface area (Å²) in [6, 6.07) is 8.92. The molecule has 21 heavy (non-hydrogen) atoms. The molecule has 0 heterocycles. The maximum Gasteiger partial charge on any atom is 0.387 e. The highest BCUT2D eigenvalue weighted by molar-refractivity contribution is 5.70. The molecule has 1 N–H and O–H groups in total. The molecule has 0 saturated heterocycles. The van der Waals surface area contributed by atoms with Gasteiger partial charge in [-0.15, -0.1) is 0 Å². The van der Waals surface area contributed by atoms with Gasteiger partial charge in [-0.25, -0.2) is 0 Å². The van der Waals surface area contributed by atoms with Crippen LogP contribution in [0.1, 0.15) is 0 Å². The number of ether oxygens (including phenoxy) is 1. The highest BCUT2D eigenvalue weighted by Crippen LogP contribution is 2.30. The van der Waals surface area contributed by atoms with Gasteiger partial charge in [0.25, 0.3) is 0 Å². The minimum atomic E-state index is -2.94. The van der Waals surface area contributed by atoms with E-state index in [-0.39, 0.29) is 11.4 Å². The quantitative estimate of drug-likeness (QED) is 0.667. The Hall–Kier alpha value is -2.77. The van der Waals surface area contributed by atoms with Crippen LogP contribution in [0.4, 0.5) is 30.2 Å². The fourth-order valence-corrected chi connectivity index (χ4v) is 1.68. The first kappa shape index (κ1) is 14.6. The molecule has 0 aliphatic carbocycles. The molecule has 8 heteroatoms. The van der Waals surface area contributed by atoms with Gasteiger partial charge in [0.15, 0.2) is 0 Å². The van der Waals surface area contributed by atoms with E-state index in [1.165, 1.54) is 36.4 Å². The van der Waals surface area contributed by atoms with E-state index in [1.54, 1.807) is 0 Å². The topological polar surface area (TPSA) is 64.4 Å². The first-order chi connectivity index (χ1) is 9.97. The van der Waals surface area contributed by atoms with Crippen molar-refractivity contribution >= 4 is 17.1 Å². The van der Waals surface area contributed by atoms with Crippen LogP contribution >= 0.6 is 0 Å². The lowest BCUT2D eigenvalue weighted by Crippen LogP contribution is -2.02. The fourth-order valence-electron chi connectivity index (χ4n) is 1.68. The van der Waals surface area contributed by atoms with Crippen LogP contribution in [-0.4, -0.2) is 11.5 Å². The van der Waals surface area contributed by atoms with Crippen LogP contribution < -0.4 is 10.1 Å². The molecule has 0 amide bonds. The lowest BCUT2D eigenvalue weighted by Gasteiger charge is -2.09. The molecule has 0 spiro atoms. The standard InChI is InChI=1S/C13H9F3N2O3/c14-10-2-1-3-11(12(10)18(19)20)17-8-4-6-9(7-5-8)21-13(15)16/h1-7,13,17H. The van der Waals surface area contributed by atoms with Crippen molar-refractivity contribution in [2.24, 2.45) is 0 Å². The normalized spacial score (nSPS) is 10.5. The molecule has 0 aromatic heterocycles. The zero-order valence-electron chi connectivity index (χ0n) is 10.4. The van der Waals surface area contributed by atoms with Gasteiger partial charge in [-0.2, -0.15) is 13.2 Å². The van der Waals surface area contributed by atoms with Crippen LogP contribution in [-0.2, 0) is 0 Å². The second-order valence-corrected chi connectivity index (χ2v) is 3.92. The van der Waals surface area contributed by atoms with Crippen LogP contribution in [0.3, 0.4) is 0 Å². The summed E-state index contributed by atoms with van der Waals surface area (Å²) in [6.45, 7) is -2.94. The number of nitro benzene ring substituents is 1. The average Bonchev–Trinajstić information content (AvgIpc) is 2.40. The van der Waals surface area contributed by atoms with Crippen molar-refractivity contribution in [3.05, 3.63) is 58.4 Å². The Kier molecular flexibility index (Phi) is 4.27. The number of hydrogen-bond donors (Lipinski definition) is 1. The Morgan fingerprint density at radius 1 is 1.14 bits per heavy atom. The molecule has 5 nitrogen and oxygen atoms in total. The number of nitrogens with zero attached hydrogens (tertiary/aromatic N) is 1. The van der Waals surface area contributed by atoms with Gasteiger partial charge in [0.2, 0.25) is 5.82 Å². The van der Waals surface area contributed by atoms with Crippen molar-refractivity contribution in [3.8, 4) is 5.75 Å². The lowest BCUT2D eigenvalue weighted by molar-refractivity contribution is -0.386. The van der Waals surface area contributed by atoms with Crippen molar-refractivity contribution in [2.75, 3.05) is 5.32 Å². The third-order valence-corrected chi connectivity index (χ3v) is 2.53. The van der Waals surface area contributed by atoms with E-state index >= 15 is 0 Å². The summed E-state index contributed by atoms with van der Waals surface area (Å²) in [5.41, 5.74) is -0.363. The van der Waals surface area contributed by atoms with Gasteiger partial charge in [-0.3, -0.25) is 10.1 Å². The molecular weight excluding hydrogens is 289 g/mol. The minimum absolute atomic E-state index is 0.0393. The van der Waals surface area contributed by atoms with Crippen LogP contribution in [0, 0.1) is 15.9 Å². The Labute approximate surface area is 117 Å². The highest BCUT2D eigenvalue weighted by Gasteiger charge is 2.19. The summed E-state index contributed by atoms with van der Waals surface area (Å²) in [6.07, 6.45) is 0. The maximum absolute atomic E-state index is 13.4. The monoisotopic (exact) mass is 298 g/mol. The Morgan fingerprint density at radius 2 is 1.81 bits per heavy atom. The first-order valence-electron chi connectivity index (χ1n) is 5.72. The molecule has 2 aromatic rings. The molecule has 110 valence electrons. The van der Waals surface area contributed by atoms with Gasteiger partial charge in [0.1, 0.15) is 11.4 Å². The number of rotatable bonds is 5. The molecule has 0 radical (unpaired) electrons. The van der Waals surface area contributed by atoms with Gasteiger partial charge >= 0.3 is 12.3 Å². The predicted octanol–water partition coefficient (Wildman–Crippen LogP) is 4.08. The summed E-state index contributed by atoms with van der Waals surface area (Å²) in [5, 5.41) is 13.5.